The highest BCUT2D eigenvalue weighted by Crippen LogP contribution is 2.22. The molecule has 1 aromatic heterocycles. The van der Waals surface area contributed by atoms with Crippen molar-refractivity contribution in [2.75, 3.05) is 29.4 Å². The molecule has 0 saturated carbocycles. The number of piperidine rings is 1. The van der Waals surface area contributed by atoms with Gasteiger partial charge in [0.15, 0.2) is 0 Å². The summed E-state index contributed by atoms with van der Waals surface area (Å²) >= 11 is 6.14. The second-order valence-electron chi connectivity index (χ2n) is 6.39. The Morgan fingerprint density at radius 1 is 1.05 bits per heavy atom. The Kier molecular flexibility index (Phi) is 5.62. The van der Waals surface area contributed by atoms with Crippen LogP contribution in [0.3, 0.4) is 0 Å². The smallest absolute Gasteiger partial charge is 0.231 e. The van der Waals surface area contributed by atoms with Gasteiger partial charge in [-0.3, -0.25) is 0 Å². The summed E-state index contributed by atoms with van der Waals surface area (Å²) in [6.07, 6.45) is 3.67. The predicted octanol–water partition coefficient (Wildman–Crippen LogP) is 3.39. The first-order valence-electron chi connectivity index (χ1n) is 7.90. The fourth-order valence-corrected chi connectivity index (χ4v) is 2.76. The molecule has 6 heteroatoms. The van der Waals surface area contributed by atoms with Gasteiger partial charge in [0.05, 0.1) is 0 Å². The van der Waals surface area contributed by atoms with Crippen molar-refractivity contribution in [3.8, 4) is 0 Å². The molecule has 0 atom stereocenters. The Morgan fingerprint density at radius 3 is 2.29 bits per heavy atom. The predicted molar refractivity (Wildman–Crippen MR) is 88.2 cm³/mol. The summed E-state index contributed by atoms with van der Waals surface area (Å²) in [4.78, 5) is 17.8. The molecule has 0 aromatic carbocycles. The minimum Gasteiger partial charge on any atom is -0.341 e. The number of nitrogens with zero attached hydrogens (tertiary/aromatic N) is 5. The van der Waals surface area contributed by atoms with E-state index in [9.17, 15) is 0 Å². The van der Waals surface area contributed by atoms with Crippen molar-refractivity contribution >= 4 is 23.5 Å². The fourth-order valence-electron chi connectivity index (χ4n) is 2.61. The first-order chi connectivity index (χ1) is 9.97. The van der Waals surface area contributed by atoms with E-state index in [1.165, 1.54) is 19.3 Å². The van der Waals surface area contributed by atoms with E-state index in [0.29, 0.717) is 17.9 Å². The SMILES string of the molecule is CC(C)CN(c1nc(Cl)nc(N2CCCCC2)n1)C(C)C. The van der Waals surface area contributed by atoms with Crippen molar-refractivity contribution < 1.29 is 0 Å². The van der Waals surface area contributed by atoms with Gasteiger partial charge in [-0.25, -0.2) is 0 Å². The van der Waals surface area contributed by atoms with Gasteiger partial charge in [0.2, 0.25) is 17.2 Å². The molecular weight excluding hydrogens is 286 g/mol. The minimum absolute atomic E-state index is 0.287. The molecule has 1 aromatic rings. The third kappa shape index (κ3) is 4.43. The maximum Gasteiger partial charge on any atom is 0.231 e. The van der Waals surface area contributed by atoms with Crippen LogP contribution in [0.2, 0.25) is 5.28 Å². The van der Waals surface area contributed by atoms with E-state index < -0.39 is 0 Å². The lowest BCUT2D eigenvalue weighted by Crippen LogP contribution is -2.37. The van der Waals surface area contributed by atoms with Crippen LogP contribution in [0, 0.1) is 5.92 Å². The number of rotatable bonds is 5. The van der Waals surface area contributed by atoms with E-state index in [4.69, 9.17) is 11.6 Å². The quantitative estimate of drug-likeness (QED) is 0.834. The summed E-state index contributed by atoms with van der Waals surface area (Å²) in [7, 11) is 0. The van der Waals surface area contributed by atoms with Crippen molar-refractivity contribution in [3.05, 3.63) is 5.28 Å². The largest absolute Gasteiger partial charge is 0.341 e. The lowest BCUT2D eigenvalue weighted by molar-refractivity contribution is 0.551. The van der Waals surface area contributed by atoms with Crippen molar-refractivity contribution in [2.45, 2.75) is 53.0 Å². The van der Waals surface area contributed by atoms with E-state index in [0.717, 1.165) is 25.6 Å². The van der Waals surface area contributed by atoms with Crippen molar-refractivity contribution in [1.82, 2.24) is 15.0 Å². The average molecular weight is 312 g/mol. The molecule has 21 heavy (non-hydrogen) atoms. The zero-order chi connectivity index (χ0) is 15.4. The van der Waals surface area contributed by atoms with Crippen LogP contribution in [0.1, 0.15) is 47.0 Å². The summed E-state index contributed by atoms with van der Waals surface area (Å²) in [5.41, 5.74) is 0. The third-order valence-electron chi connectivity index (χ3n) is 3.67. The van der Waals surface area contributed by atoms with Crippen molar-refractivity contribution in [1.29, 1.82) is 0 Å². The summed E-state index contributed by atoms with van der Waals surface area (Å²) in [6, 6.07) is 0.333. The Morgan fingerprint density at radius 2 is 1.71 bits per heavy atom. The molecule has 1 aliphatic rings. The number of halogens is 1. The van der Waals surface area contributed by atoms with Crippen LogP contribution in [0.25, 0.3) is 0 Å². The van der Waals surface area contributed by atoms with E-state index >= 15 is 0 Å². The zero-order valence-electron chi connectivity index (χ0n) is 13.5. The van der Waals surface area contributed by atoms with Gasteiger partial charge in [0.1, 0.15) is 0 Å². The van der Waals surface area contributed by atoms with Crippen LogP contribution in [0.4, 0.5) is 11.9 Å². The second kappa shape index (κ2) is 7.25. The normalized spacial score (nSPS) is 15.9. The van der Waals surface area contributed by atoms with Crippen LogP contribution in [0.5, 0.6) is 0 Å². The van der Waals surface area contributed by atoms with Gasteiger partial charge in [-0.2, -0.15) is 15.0 Å². The molecule has 0 aliphatic carbocycles. The maximum absolute atomic E-state index is 6.14. The molecule has 0 N–H and O–H groups in total. The molecule has 2 heterocycles. The van der Waals surface area contributed by atoms with E-state index in [-0.39, 0.29) is 5.28 Å². The molecule has 2 rings (SSSR count). The average Bonchev–Trinajstić information content (AvgIpc) is 2.44. The van der Waals surface area contributed by atoms with Gasteiger partial charge < -0.3 is 9.80 Å². The zero-order valence-corrected chi connectivity index (χ0v) is 14.3. The standard InChI is InChI=1S/C15H26ClN5/c1-11(2)10-21(12(3)4)15-18-13(16)17-14(19-15)20-8-6-5-7-9-20/h11-12H,5-10H2,1-4H3. The number of aromatic nitrogens is 3. The van der Waals surface area contributed by atoms with E-state index in [1.54, 1.807) is 0 Å². The third-order valence-corrected chi connectivity index (χ3v) is 3.83. The van der Waals surface area contributed by atoms with E-state index in [1.807, 2.05) is 0 Å². The molecule has 0 radical (unpaired) electrons. The van der Waals surface area contributed by atoms with Gasteiger partial charge in [0.25, 0.3) is 0 Å². The summed E-state index contributed by atoms with van der Waals surface area (Å²) in [5.74, 6) is 1.96. The molecular formula is C15H26ClN5. The number of hydrogen-bond donors (Lipinski definition) is 0. The Labute approximate surface area is 132 Å². The van der Waals surface area contributed by atoms with Crippen molar-refractivity contribution in [3.63, 3.8) is 0 Å². The molecule has 0 unspecified atom stereocenters. The second-order valence-corrected chi connectivity index (χ2v) is 6.73. The Bertz CT molecular complexity index is 457. The molecule has 0 bridgehead atoms. The van der Waals surface area contributed by atoms with Gasteiger partial charge >= 0.3 is 0 Å². The molecule has 1 saturated heterocycles. The summed E-state index contributed by atoms with van der Waals surface area (Å²) in [6.45, 7) is 11.6. The van der Waals surface area contributed by atoms with Crippen LogP contribution >= 0.6 is 11.6 Å². The Hall–Kier alpha value is -1.10. The molecule has 0 amide bonds. The van der Waals surface area contributed by atoms with Gasteiger partial charge in [-0.15, -0.1) is 0 Å². The topological polar surface area (TPSA) is 45.2 Å². The van der Waals surface area contributed by atoms with E-state index in [2.05, 4.69) is 52.4 Å². The van der Waals surface area contributed by atoms with Gasteiger partial charge in [-0.05, 0) is 50.6 Å². The number of anilines is 2. The first kappa shape index (κ1) is 16.3. The van der Waals surface area contributed by atoms with Crippen LogP contribution in [0.15, 0.2) is 0 Å². The Balaban J connectivity index is 2.27. The fraction of sp³-hybridized carbons (Fsp3) is 0.800. The highest BCUT2D eigenvalue weighted by atomic mass is 35.5. The molecule has 1 aliphatic heterocycles. The van der Waals surface area contributed by atoms with Gasteiger partial charge in [0, 0.05) is 25.7 Å². The molecule has 1 fully saturated rings. The molecule has 118 valence electrons. The highest BCUT2D eigenvalue weighted by Gasteiger charge is 2.20. The lowest BCUT2D eigenvalue weighted by Gasteiger charge is -2.30. The summed E-state index contributed by atoms with van der Waals surface area (Å²) in [5, 5.41) is 0.287. The van der Waals surface area contributed by atoms with Crippen molar-refractivity contribution in [2.24, 2.45) is 5.92 Å². The molecule has 5 nitrogen and oxygen atoms in total. The maximum atomic E-state index is 6.14. The summed E-state index contributed by atoms with van der Waals surface area (Å²) < 4.78 is 0. The minimum atomic E-state index is 0.287. The molecule has 0 spiro atoms. The van der Waals surface area contributed by atoms with Crippen LogP contribution < -0.4 is 9.80 Å². The van der Waals surface area contributed by atoms with Gasteiger partial charge in [-0.1, -0.05) is 13.8 Å². The lowest BCUT2D eigenvalue weighted by atomic mass is 10.1. The first-order valence-corrected chi connectivity index (χ1v) is 8.28. The van der Waals surface area contributed by atoms with Crippen LogP contribution in [-0.4, -0.2) is 40.6 Å². The monoisotopic (exact) mass is 311 g/mol. The highest BCUT2D eigenvalue weighted by molar-refractivity contribution is 6.28. The van der Waals surface area contributed by atoms with Crippen LogP contribution in [-0.2, 0) is 0 Å². The number of hydrogen-bond acceptors (Lipinski definition) is 5.